The number of nitrogens with zero attached hydrogens (tertiary/aromatic N) is 2. The molecule has 0 aliphatic rings. The normalized spacial score (nSPS) is 12.6. The summed E-state index contributed by atoms with van der Waals surface area (Å²) in [5, 5.41) is 0. The fourth-order valence-corrected chi connectivity index (χ4v) is 4.10. The van der Waals surface area contributed by atoms with Gasteiger partial charge in [-0.05, 0) is 38.6 Å². The number of sulfonamides is 1. The lowest BCUT2D eigenvalue weighted by atomic mass is 10.2. The number of aryl methyl sites for hydroxylation is 1. The van der Waals surface area contributed by atoms with Gasteiger partial charge in [-0.15, -0.1) is 0 Å². The van der Waals surface area contributed by atoms with Crippen LogP contribution in [0.15, 0.2) is 23.1 Å². The third-order valence-corrected chi connectivity index (χ3v) is 5.29. The molecule has 0 saturated heterocycles. The molecule has 0 spiro atoms. The Balaban J connectivity index is 3.20. The molecule has 0 aromatic heterocycles. The summed E-state index contributed by atoms with van der Waals surface area (Å²) in [4.78, 5) is 2.22. The molecule has 0 bridgehead atoms. The molecule has 2 N–H and O–H groups in total. The Bertz CT molecular complexity index is 548. The largest absolute Gasteiger partial charge is 0.398 e. The molecule has 0 saturated carbocycles. The number of likely N-dealkylation sites (N-methyl/N-ethyl adjacent to an activating group) is 1. The third-order valence-electron chi connectivity index (χ3n) is 3.21. The van der Waals surface area contributed by atoms with Gasteiger partial charge in [0.15, 0.2) is 0 Å². The first-order valence-corrected chi connectivity index (χ1v) is 8.60. The minimum atomic E-state index is -3.57. The molecule has 0 amide bonds. The van der Waals surface area contributed by atoms with Crippen LogP contribution in [-0.4, -0.2) is 51.4 Å². The first kappa shape index (κ1) is 17.9. The lowest BCUT2D eigenvalue weighted by Gasteiger charge is -2.26. The van der Waals surface area contributed by atoms with E-state index in [1.807, 2.05) is 32.8 Å². The monoisotopic (exact) mass is 313 g/mol. The summed E-state index contributed by atoms with van der Waals surface area (Å²) >= 11 is 0. The molecule has 0 aliphatic heterocycles. The molecule has 1 aromatic carbocycles. The van der Waals surface area contributed by atoms with Gasteiger partial charge < -0.3 is 10.6 Å². The van der Waals surface area contributed by atoms with E-state index < -0.39 is 10.0 Å². The van der Waals surface area contributed by atoms with Crippen LogP contribution in [0.25, 0.3) is 0 Å². The predicted molar refractivity (Wildman–Crippen MR) is 87.7 cm³/mol. The molecule has 6 heteroatoms. The van der Waals surface area contributed by atoms with Crippen LogP contribution >= 0.6 is 0 Å². The molecule has 5 nitrogen and oxygen atoms in total. The lowest BCUT2D eigenvalue weighted by molar-refractivity contribution is 0.312. The summed E-state index contributed by atoms with van der Waals surface area (Å²) in [6.45, 7) is 7.44. The van der Waals surface area contributed by atoms with Gasteiger partial charge in [-0.1, -0.05) is 26.0 Å². The fraction of sp³-hybridized carbons (Fsp3) is 0.600. The van der Waals surface area contributed by atoms with Gasteiger partial charge in [-0.2, -0.15) is 4.31 Å². The second kappa shape index (κ2) is 7.24. The van der Waals surface area contributed by atoms with Crippen LogP contribution in [0.5, 0.6) is 0 Å². The Hall–Kier alpha value is -1.11. The van der Waals surface area contributed by atoms with E-state index in [-0.39, 0.29) is 10.8 Å². The summed E-state index contributed by atoms with van der Waals surface area (Å²) < 4.78 is 27.4. The lowest BCUT2D eigenvalue weighted by Crippen LogP contribution is -2.39. The van der Waals surface area contributed by atoms with Crippen LogP contribution < -0.4 is 5.73 Å². The summed E-state index contributed by atoms with van der Waals surface area (Å²) in [6, 6.07) is 5.19. The summed E-state index contributed by atoms with van der Waals surface area (Å²) in [6.07, 6.45) is 0. The average Bonchev–Trinajstić information content (AvgIpc) is 2.33. The van der Waals surface area contributed by atoms with Gasteiger partial charge in [0, 0.05) is 19.6 Å². The van der Waals surface area contributed by atoms with E-state index in [1.54, 1.807) is 25.1 Å². The summed E-state index contributed by atoms with van der Waals surface area (Å²) in [7, 11) is 0.294. The first-order valence-electron chi connectivity index (χ1n) is 7.16. The highest BCUT2D eigenvalue weighted by atomic mass is 32.2. The zero-order valence-corrected chi connectivity index (χ0v) is 14.4. The number of hydrogen-bond donors (Lipinski definition) is 1. The maximum Gasteiger partial charge on any atom is 0.245 e. The number of hydrogen-bond acceptors (Lipinski definition) is 4. The third kappa shape index (κ3) is 4.69. The molecule has 0 heterocycles. The van der Waals surface area contributed by atoms with E-state index >= 15 is 0 Å². The van der Waals surface area contributed by atoms with E-state index in [0.717, 1.165) is 0 Å². The Morgan fingerprint density at radius 2 is 1.81 bits per heavy atom. The first-order chi connectivity index (χ1) is 9.66. The molecular weight excluding hydrogens is 286 g/mol. The van der Waals surface area contributed by atoms with Crippen LogP contribution in [0.2, 0.25) is 0 Å². The highest BCUT2D eigenvalue weighted by Gasteiger charge is 2.28. The Kier molecular flexibility index (Phi) is 6.19. The van der Waals surface area contributed by atoms with Gasteiger partial charge in [0.05, 0.1) is 5.69 Å². The molecule has 1 aromatic rings. The van der Waals surface area contributed by atoms with Gasteiger partial charge in [0.25, 0.3) is 0 Å². The minimum absolute atomic E-state index is 0.240. The SMILES string of the molecule is Cc1cccc(N)c1S(=O)(=O)N(CCN(C)C)CC(C)C. The molecule has 120 valence electrons. The average molecular weight is 313 g/mol. The molecule has 21 heavy (non-hydrogen) atoms. The van der Waals surface area contributed by atoms with Crippen LogP contribution in [0.4, 0.5) is 5.69 Å². The number of anilines is 1. The van der Waals surface area contributed by atoms with Gasteiger partial charge >= 0.3 is 0 Å². The standard InChI is InChI=1S/C15H27N3O2S/c1-12(2)11-18(10-9-17(4)5)21(19,20)15-13(3)7-6-8-14(15)16/h6-8,12H,9-11,16H2,1-5H3. The molecule has 1 rings (SSSR count). The van der Waals surface area contributed by atoms with Crippen LogP contribution in [0, 0.1) is 12.8 Å². The summed E-state index contributed by atoms with van der Waals surface area (Å²) in [5.74, 6) is 0.257. The van der Waals surface area contributed by atoms with E-state index in [4.69, 9.17) is 5.73 Å². The Labute approximate surface area is 128 Å². The molecule has 0 aliphatic carbocycles. The smallest absolute Gasteiger partial charge is 0.245 e. The van der Waals surface area contributed by atoms with Crippen molar-refractivity contribution in [3.8, 4) is 0 Å². The fourth-order valence-electron chi connectivity index (χ4n) is 2.19. The van der Waals surface area contributed by atoms with Crippen molar-refractivity contribution in [3.05, 3.63) is 23.8 Å². The molecule has 0 unspecified atom stereocenters. The van der Waals surface area contributed by atoms with Crippen molar-refractivity contribution >= 4 is 15.7 Å². The van der Waals surface area contributed by atoms with Crippen LogP contribution in [0.3, 0.4) is 0 Å². The number of benzene rings is 1. The highest BCUT2D eigenvalue weighted by Crippen LogP contribution is 2.26. The molecule has 0 radical (unpaired) electrons. The van der Waals surface area contributed by atoms with Gasteiger partial charge in [-0.25, -0.2) is 8.42 Å². The maximum absolute atomic E-state index is 12.9. The number of nitrogens with two attached hydrogens (primary N) is 1. The van der Waals surface area contributed by atoms with Gasteiger partial charge in [0.2, 0.25) is 10.0 Å². The van der Waals surface area contributed by atoms with E-state index in [2.05, 4.69) is 0 Å². The number of nitrogen functional groups attached to an aromatic ring is 1. The molecule has 0 fully saturated rings. The van der Waals surface area contributed by atoms with Crippen molar-refractivity contribution in [1.82, 2.24) is 9.21 Å². The van der Waals surface area contributed by atoms with E-state index in [9.17, 15) is 8.42 Å². The Morgan fingerprint density at radius 1 is 1.19 bits per heavy atom. The quantitative estimate of drug-likeness (QED) is 0.779. The van der Waals surface area contributed by atoms with Crippen molar-refractivity contribution < 1.29 is 8.42 Å². The summed E-state index contributed by atoms with van der Waals surface area (Å²) in [5.41, 5.74) is 6.92. The number of rotatable bonds is 7. The zero-order chi connectivity index (χ0) is 16.2. The molecule has 0 atom stereocenters. The zero-order valence-electron chi connectivity index (χ0n) is 13.6. The Morgan fingerprint density at radius 3 is 2.29 bits per heavy atom. The van der Waals surface area contributed by atoms with E-state index in [0.29, 0.717) is 30.9 Å². The van der Waals surface area contributed by atoms with Crippen molar-refractivity contribution in [2.24, 2.45) is 5.92 Å². The van der Waals surface area contributed by atoms with E-state index in [1.165, 1.54) is 4.31 Å². The van der Waals surface area contributed by atoms with Crippen LogP contribution in [0.1, 0.15) is 19.4 Å². The van der Waals surface area contributed by atoms with Crippen LogP contribution in [-0.2, 0) is 10.0 Å². The van der Waals surface area contributed by atoms with Crippen molar-refractivity contribution in [2.45, 2.75) is 25.7 Å². The maximum atomic E-state index is 12.9. The highest BCUT2D eigenvalue weighted by molar-refractivity contribution is 7.89. The van der Waals surface area contributed by atoms with Gasteiger partial charge in [0.1, 0.15) is 4.90 Å². The van der Waals surface area contributed by atoms with Crippen molar-refractivity contribution in [2.75, 3.05) is 39.5 Å². The topological polar surface area (TPSA) is 66.6 Å². The molecular formula is C15H27N3O2S. The van der Waals surface area contributed by atoms with Gasteiger partial charge in [-0.3, -0.25) is 0 Å². The minimum Gasteiger partial charge on any atom is -0.398 e. The van der Waals surface area contributed by atoms with Crippen molar-refractivity contribution in [3.63, 3.8) is 0 Å². The van der Waals surface area contributed by atoms with Crippen molar-refractivity contribution in [1.29, 1.82) is 0 Å². The second-order valence-electron chi connectivity index (χ2n) is 6.05. The second-order valence-corrected chi connectivity index (χ2v) is 7.93. The predicted octanol–water partition coefficient (Wildman–Crippen LogP) is 1.79.